The van der Waals surface area contributed by atoms with Crippen LogP contribution in [0.1, 0.15) is 24.5 Å². The molecule has 0 spiro atoms. The minimum atomic E-state index is -0.442. The van der Waals surface area contributed by atoms with E-state index in [0.29, 0.717) is 13.0 Å². The number of nitrogens with zero attached hydrogens (tertiary/aromatic N) is 1. The first-order chi connectivity index (χ1) is 9.08. The summed E-state index contributed by atoms with van der Waals surface area (Å²) in [5, 5.41) is -0.442. The quantitative estimate of drug-likeness (QED) is 0.795. The average molecular weight is 280 g/mol. The SMILES string of the molecule is CCN1C(=O)C(Cl)CC=C1c1ccc(OC)cc1C. The number of methoxy groups -OCH3 is 1. The summed E-state index contributed by atoms with van der Waals surface area (Å²) in [5.41, 5.74) is 3.09. The van der Waals surface area contributed by atoms with E-state index in [0.717, 1.165) is 22.6 Å². The molecule has 1 amide bonds. The monoisotopic (exact) mass is 279 g/mol. The Labute approximate surface area is 118 Å². The van der Waals surface area contributed by atoms with Crippen LogP contribution in [0.25, 0.3) is 5.70 Å². The van der Waals surface area contributed by atoms with Crippen molar-refractivity contribution in [1.82, 2.24) is 4.90 Å². The Hall–Kier alpha value is -1.48. The van der Waals surface area contributed by atoms with Crippen molar-refractivity contribution in [3.8, 4) is 5.75 Å². The van der Waals surface area contributed by atoms with Gasteiger partial charge in [0, 0.05) is 17.8 Å². The van der Waals surface area contributed by atoms with Crippen LogP contribution in [0.2, 0.25) is 0 Å². The Bertz CT molecular complexity index is 525. The van der Waals surface area contributed by atoms with Crippen LogP contribution in [0.5, 0.6) is 5.75 Å². The third-order valence-electron chi connectivity index (χ3n) is 3.37. The van der Waals surface area contributed by atoms with Gasteiger partial charge in [-0.15, -0.1) is 11.6 Å². The number of hydrogen-bond acceptors (Lipinski definition) is 2. The van der Waals surface area contributed by atoms with Crippen molar-refractivity contribution in [2.75, 3.05) is 13.7 Å². The lowest BCUT2D eigenvalue weighted by atomic mass is 10.00. The van der Waals surface area contributed by atoms with Gasteiger partial charge in [0.05, 0.1) is 7.11 Å². The van der Waals surface area contributed by atoms with Crippen LogP contribution in [0.3, 0.4) is 0 Å². The Balaban J connectivity index is 2.42. The molecule has 2 rings (SSSR count). The van der Waals surface area contributed by atoms with Crippen molar-refractivity contribution in [3.63, 3.8) is 0 Å². The minimum absolute atomic E-state index is 0.0168. The van der Waals surface area contributed by atoms with Crippen molar-refractivity contribution < 1.29 is 9.53 Å². The molecule has 0 saturated heterocycles. The van der Waals surface area contributed by atoms with Crippen molar-refractivity contribution in [2.24, 2.45) is 0 Å². The van der Waals surface area contributed by atoms with Crippen LogP contribution >= 0.6 is 11.6 Å². The molecule has 0 saturated carbocycles. The van der Waals surface area contributed by atoms with Crippen molar-refractivity contribution >= 4 is 23.2 Å². The number of halogens is 1. The molecule has 0 fully saturated rings. The predicted octanol–water partition coefficient (Wildman–Crippen LogP) is 3.20. The fraction of sp³-hybridized carbons (Fsp3) is 0.400. The first kappa shape index (κ1) is 13.9. The van der Waals surface area contributed by atoms with E-state index >= 15 is 0 Å². The Morgan fingerprint density at radius 2 is 2.21 bits per heavy atom. The largest absolute Gasteiger partial charge is 0.497 e. The van der Waals surface area contributed by atoms with Crippen LogP contribution in [0.4, 0.5) is 0 Å². The van der Waals surface area contributed by atoms with E-state index in [-0.39, 0.29) is 5.91 Å². The smallest absolute Gasteiger partial charge is 0.245 e. The third kappa shape index (κ3) is 2.61. The Morgan fingerprint density at radius 1 is 1.47 bits per heavy atom. The second-order valence-corrected chi connectivity index (χ2v) is 5.08. The number of carbonyl (C=O) groups is 1. The zero-order chi connectivity index (χ0) is 14.0. The maximum absolute atomic E-state index is 12.1. The van der Waals surface area contributed by atoms with Gasteiger partial charge in [0.15, 0.2) is 0 Å². The highest BCUT2D eigenvalue weighted by atomic mass is 35.5. The highest BCUT2D eigenvalue weighted by Crippen LogP contribution is 2.31. The normalized spacial score (nSPS) is 19.4. The molecule has 1 aromatic carbocycles. The molecule has 1 heterocycles. The molecule has 1 unspecified atom stereocenters. The lowest BCUT2D eigenvalue weighted by Gasteiger charge is -2.31. The summed E-state index contributed by atoms with van der Waals surface area (Å²) in [6.07, 6.45) is 2.62. The van der Waals surface area contributed by atoms with E-state index in [1.54, 1.807) is 12.0 Å². The highest BCUT2D eigenvalue weighted by molar-refractivity contribution is 6.31. The zero-order valence-electron chi connectivity index (χ0n) is 11.4. The number of ether oxygens (including phenoxy) is 1. The highest BCUT2D eigenvalue weighted by Gasteiger charge is 2.28. The number of benzene rings is 1. The summed E-state index contributed by atoms with van der Waals surface area (Å²) < 4.78 is 5.21. The number of amides is 1. The van der Waals surface area contributed by atoms with Gasteiger partial charge in [-0.3, -0.25) is 4.79 Å². The molecule has 0 radical (unpaired) electrons. The second-order valence-electron chi connectivity index (χ2n) is 4.56. The summed E-state index contributed by atoms with van der Waals surface area (Å²) in [4.78, 5) is 13.8. The van der Waals surface area contributed by atoms with E-state index in [4.69, 9.17) is 16.3 Å². The van der Waals surface area contributed by atoms with Gasteiger partial charge in [0.1, 0.15) is 11.1 Å². The summed E-state index contributed by atoms with van der Waals surface area (Å²) in [6.45, 7) is 4.60. The molecule has 19 heavy (non-hydrogen) atoms. The standard InChI is InChI=1S/C15H18ClNO2/c1-4-17-14(8-7-13(16)15(17)18)12-6-5-11(19-3)9-10(12)2/h5-6,8-9,13H,4,7H2,1-3H3. The maximum atomic E-state index is 12.1. The summed E-state index contributed by atoms with van der Waals surface area (Å²) in [7, 11) is 1.65. The van der Waals surface area contributed by atoms with Gasteiger partial charge < -0.3 is 9.64 Å². The fourth-order valence-electron chi connectivity index (χ4n) is 2.35. The van der Waals surface area contributed by atoms with Crippen LogP contribution < -0.4 is 4.74 Å². The van der Waals surface area contributed by atoms with Gasteiger partial charge in [-0.1, -0.05) is 6.08 Å². The molecule has 1 aromatic rings. The molecule has 1 aliphatic rings. The fourth-order valence-corrected chi connectivity index (χ4v) is 2.55. The molecule has 0 aliphatic carbocycles. The maximum Gasteiger partial charge on any atom is 0.245 e. The molecule has 1 atom stereocenters. The van der Waals surface area contributed by atoms with Gasteiger partial charge in [0.2, 0.25) is 5.91 Å². The molecule has 0 bridgehead atoms. The molecule has 4 heteroatoms. The molecular weight excluding hydrogens is 262 g/mol. The molecule has 0 aromatic heterocycles. The van der Waals surface area contributed by atoms with Gasteiger partial charge in [-0.2, -0.15) is 0 Å². The molecule has 1 aliphatic heterocycles. The van der Waals surface area contributed by atoms with Crippen LogP contribution in [0, 0.1) is 6.92 Å². The van der Waals surface area contributed by atoms with E-state index in [9.17, 15) is 4.79 Å². The number of aryl methyl sites for hydroxylation is 1. The zero-order valence-corrected chi connectivity index (χ0v) is 12.2. The summed E-state index contributed by atoms with van der Waals surface area (Å²) in [5.74, 6) is 0.805. The molecule has 102 valence electrons. The third-order valence-corrected chi connectivity index (χ3v) is 3.73. The number of allylic oxidation sites excluding steroid dienone is 1. The number of carbonyl (C=O) groups excluding carboxylic acids is 1. The molecule has 3 nitrogen and oxygen atoms in total. The van der Waals surface area contributed by atoms with Crippen LogP contribution in [-0.2, 0) is 4.79 Å². The Morgan fingerprint density at radius 3 is 2.79 bits per heavy atom. The topological polar surface area (TPSA) is 29.5 Å². The van der Waals surface area contributed by atoms with Crippen LogP contribution in [0.15, 0.2) is 24.3 Å². The number of alkyl halides is 1. The van der Waals surface area contributed by atoms with E-state index in [2.05, 4.69) is 0 Å². The second kappa shape index (κ2) is 5.66. The van der Waals surface area contributed by atoms with Crippen LogP contribution in [-0.4, -0.2) is 29.8 Å². The van der Waals surface area contributed by atoms with Gasteiger partial charge in [-0.05, 0) is 44.0 Å². The summed E-state index contributed by atoms with van der Waals surface area (Å²) >= 11 is 6.03. The van der Waals surface area contributed by atoms with E-state index in [1.165, 1.54) is 0 Å². The average Bonchev–Trinajstić information content (AvgIpc) is 2.42. The van der Waals surface area contributed by atoms with Gasteiger partial charge >= 0.3 is 0 Å². The van der Waals surface area contributed by atoms with E-state index in [1.807, 2.05) is 38.1 Å². The first-order valence-corrected chi connectivity index (χ1v) is 6.82. The minimum Gasteiger partial charge on any atom is -0.497 e. The lowest BCUT2D eigenvalue weighted by molar-refractivity contribution is -0.127. The van der Waals surface area contributed by atoms with Gasteiger partial charge in [-0.25, -0.2) is 0 Å². The molecular formula is C15H18ClNO2. The number of hydrogen-bond donors (Lipinski definition) is 0. The van der Waals surface area contributed by atoms with Crippen molar-refractivity contribution in [2.45, 2.75) is 25.6 Å². The lowest BCUT2D eigenvalue weighted by Crippen LogP contribution is -2.38. The molecule has 0 N–H and O–H groups in total. The van der Waals surface area contributed by atoms with Crippen molar-refractivity contribution in [1.29, 1.82) is 0 Å². The summed E-state index contributed by atoms with van der Waals surface area (Å²) in [6, 6.07) is 5.88. The number of rotatable bonds is 3. The Kier molecular flexibility index (Phi) is 4.15. The van der Waals surface area contributed by atoms with Gasteiger partial charge in [0.25, 0.3) is 0 Å². The predicted molar refractivity (Wildman–Crippen MR) is 77.4 cm³/mol. The van der Waals surface area contributed by atoms with Crippen molar-refractivity contribution in [3.05, 3.63) is 35.4 Å². The van der Waals surface area contributed by atoms with E-state index < -0.39 is 5.38 Å². The first-order valence-electron chi connectivity index (χ1n) is 6.39.